The molecular formula is C11H14O4. The lowest BCUT2D eigenvalue weighted by molar-refractivity contribution is -0.226. The Morgan fingerprint density at radius 3 is 2.00 bits per heavy atom. The first kappa shape index (κ1) is 9.55. The predicted octanol–water partition coefficient (Wildman–Crippen LogP) is -0.455. The zero-order valence-corrected chi connectivity index (χ0v) is 8.36. The maximum absolute atomic E-state index is 10.8. The Hall–Kier alpha value is -0.670. The van der Waals surface area contributed by atoms with Crippen LogP contribution in [0, 0.1) is 5.92 Å². The zero-order chi connectivity index (χ0) is 10.9. The molecule has 0 aromatic heterocycles. The molecular weight excluding hydrogens is 196 g/mol. The van der Waals surface area contributed by atoms with Gasteiger partial charge in [-0.3, -0.25) is 0 Å². The summed E-state index contributed by atoms with van der Waals surface area (Å²) < 4.78 is 0. The van der Waals surface area contributed by atoms with E-state index in [1.165, 1.54) is 0 Å². The topological polar surface area (TPSA) is 77.8 Å². The molecule has 0 spiro atoms. The smallest absolute Gasteiger partial charge is 0.126 e. The van der Waals surface area contributed by atoms with Crippen molar-refractivity contribution >= 4 is 5.94 Å². The van der Waals surface area contributed by atoms with Gasteiger partial charge in [-0.15, -0.1) is 0 Å². The molecule has 0 amide bonds. The fourth-order valence-electron chi connectivity index (χ4n) is 4.12. The van der Waals surface area contributed by atoms with E-state index in [-0.39, 0.29) is 18.8 Å². The first-order valence-electron chi connectivity index (χ1n) is 5.31. The van der Waals surface area contributed by atoms with Gasteiger partial charge in [0.15, 0.2) is 0 Å². The van der Waals surface area contributed by atoms with Crippen molar-refractivity contribution in [1.82, 2.24) is 0 Å². The van der Waals surface area contributed by atoms with Gasteiger partial charge in [-0.25, -0.2) is 4.79 Å². The van der Waals surface area contributed by atoms with Crippen molar-refractivity contribution in [2.45, 2.75) is 48.9 Å². The second-order valence-corrected chi connectivity index (χ2v) is 5.63. The fourth-order valence-corrected chi connectivity index (χ4v) is 4.12. The van der Waals surface area contributed by atoms with Gasteiger partial charge in [-0.1, -0.05) is 0 Å². The van der Waals surface area contributed by atoms with E-state index in [2.05, 4.69) is 0 Å². The van der Waals surface area contributed by atoms with Gasteiger partial charge >= 0.3 is 0 Å². The third-order valence-corrected chi connectivity index (χ3v) is 4.17. The van der Waals surface area contributed by atoms with E-state index >= 15 is 0 Å². The minimum atomic E-state index is -1.31. The van der Waals surface area contributed by atoms with E-state index in [1.807, 2.05) is 5.94 Å². The van der Waals surface area contributed by atoms with E-state index in [9.17, 15) is 20.1 Å². The van der Waals surface area contributed by atoms with Gasteiger partial charge in [0.2, 0.25) is 0 Å². The summed E-state index contributed by atoms with van der Waals surface area (Å²) in [7, 11) is 0. The summed E-state index contributed by atoms with van der Waals surface area (Å²) in [5.41, 5.74) is -2.95. The summed E-state index contributed by atoms with van der Waals surface area (Å²) in [5, 5.41) is 30.6. The maximum atomic E-state index is 10.8. The van der Waals surface area contributed by atoms with Crippen LogP contribution in [0.25, 0.3) is 0 Å². The standard InChI is InChI=1S/C11H14O4/c12-3-8-7-1-9(13)4-10(14,2-7)6-11(8,15)5-9/h7,13-15H,1-2,4-6H2. The van der Waals surface area contributed by atoms with Gasteiger partial charge in [0, 0.05) is 24.8 Å². The maximum Gasteiger partial charge on any atom is 0.126 e. The first-order valence-corrected chi connectivity index (χ1v) is 5.31. The molecule has 4 aliphatic rings. The largest absolute Gasteiger partial charge is 0.390 e. The highest BCUT2D eigenvalue weighted by Gasteiger charge is 2.65. The highest BCUT2D eigenvalue weighted by atomic mass is 16.3. The Kier molecular flexibility index (Phi) is 1.50. The molecule has 4 fully saturated rings. The monoisotopic (exact) mass is 210 g/mol. The molecule has 15 heavy (non-hydrogen) atoms. The van der Waals surface area contributed by atoms with Crippen LogP contribution in [-0.2, 0) is 4.79 Å². The summed E-state index contributed by atoms with van der Waals surface area (Å²) >= 11 is 0. The van der Waals surface area contributed by atoms with Crippen LogP contribution in [0.15, 0.2) is 5.57 Å². The molecule has 0 heterocycles. The van der Waals surface area contributed by atoms with Gasteiger partial charge in [0.05, 0.1) is 11.2 Å². The van der Waals surface area contributed by atoms with Gasteiger partial charge in [0.1, 0.15) is 11.5 Å². The summed E-state index contributed by atoms with van der Waals surface area (Å²) in [6, 6.07) is 0. The van der Waals surface area contributed by atoms with Crippen molar-refractivity contribution in [2.24, 2.45) is 5.92 Å². The highest BCUT2D eigenvalue weighted by molar-refractivity contribution is 5.60. The average molecular weight is 210 g/mol. The number of aliphatic hydroxyl groups is 3. The molecule has 2 unspecified atom stereocenters. The molecule has 0 aromatic carbocycles. The van der Waals surface area contributed by atoms with E-state index in [1.54, 1.807) is 0 Å². The Bertz CT molecular complexity index is 364. The van der Waals surface area contributed by atoms with Crippen LogP contribution < -0.4 is 0 Å². The van der Waals surface area contributed by atoms with Crippen molar-refractivity contribution < 1.29 is 20.1 Å². The molecule has 4 saturated carbocycles. The molecule has 0 radical (unpaired) electrons. The molecule has 4 heteroatoms. The summed E-state index contributed by atoms with van der Waals surface area (Å²) in [4.78, 5) is 10.8. The zero-order valence-electron chi connectivity index (χ0n) is 8.36. The molecule has 4 bridgehead atoms. The Morgan fingerprint density at radius 1 is 1.07 bits per heavy atom. The van der Waals surface area contributed by atoms with E-state index in [0.29, 0.717) is 24.8 Å². The van der Waals surface area contributed by atoms with Gasteiger partial charge < -0.3 is 15.3 Å². The third-order valence-electron chi connectivity index (χ3n) is 4.17. The summed E-state index contributed by atoms with van der Waals surface area (Å²) in [6.45, 7) is 0. The Morgan fingerprint density at radius 2 is 1.60 bits per heavy atom. The predicted molar refractivity (Wildman–Crippen MR) is 50.6 cm³/mol. The van der Waals surface area contributed by atoms with Crippen LogP contribution in [0.5, 0.6) is 0 Å². The highest BCUT2D eigenvalue weighted by Crippen LogP contribution is 2.60. The molecule has 4 aliphatic carbocycles. The van der Waals surface area contributed by atoms with Crippen molar-refractivity contribution in [2.75, 3.05) is 0 Å². The number of rotatable bonds is 0. The Balaban J connectivity index is 2.14. The van der Waals surface area contributed by atoms with Crippen LogP contribution in [-0.4, -0.2) is 38.1 Å². The second-order valence-electron chi connectivity index (χ2n) is 5.63. The normalized spacial score (nSPS) is 57.0. The van der Waals surface area contributed by atoms with Crippen LogP contribution in [0.4, 0.5) is 0 Å². The van der Waals surface area contributed by atoms with Crippen LogP contribution in [0.3, 0.4) is 0 Å². The van der Waals surface area contributed by atoms with Crippen molar-refractivity contribution in [3.63, 3.8) is 0 Å². The number of hydrogen-bond donors (Lipinski definition) is 3. The second kappa shape index (κ2) is 2.36. The molecule has 4 rings (SSSR count). The van der Waals surface area contributed by atoms with E-state index in [4.69, 9.17) is 0 Å². The van der Waals surface area contributed by atoms with E-state index < -0.39 is 16.8 Å². The van der Waals surface area contributed by atoms with Gasteiger partial charge in [-0.2, -0.15) is 0 Å². The number of hydrogen-bond acceptors (Lipinski definition) is 4. The van der Waals surface area contributed by atoms with Crippen molar-refractivity contribution in [1.29, 1.82) is 0 Å². The van der Waals surface area contributed by atoms with Crippen molar-refractivity contribution in [3.05, 3.63) is 5.57 Å². The number of carbonyl (C=O) groups excluding carboxylic acids is 1. The minimum Gasteiger partial charge on any atom is -0.390 e. The molecule has 82 valence electrons. The Labute approximate surface area is 87.2 Å². The molecule has 2 atom stereocenters. The van der Waals surface area contributed by atoms with Crippen LogP contribution >= 0.6 is 0 Å². The lowest BCUT2D eigenvalue weighted by atomic mass is 9.49. The molecule has 4 nitrogen and oxygen atoms in total. The minimum absolute atomic E-state index is 0.170. The van der Waals surface area contributed by atoms with E-state index in [0.717, 1.165) is 0 Å². The molecule has 0 aromatic rings. The lowest BCUT2D eigenvalue weighted by Crippen LogP contribution is -2.67. The van der Waals surface area contributed by atoms with Crippen LogP contribution in [0.1, 0.15) is 32.1 Å². The first-order chi connectivity index (χ1) is 6.88. The van der Waals surface area contributed by atoms with Gasteiger partial charge in [-0.05, 0) is 18.8 Å². The fraction of sp³-hybridized carbons (Fsp3) is 0.818. The van der Waals surface area contributed by atoms with Crippen molar-refractivity contribution in [3.8, 4) is 0 Å². The molecule has 0 saturated heterocycles. The average Bonchev–Trinajstić information content (AvgIpc) is 1.95. The third kappa shape index (κ3) is 1.11. The SMILES string of the molecule is O=C=C1C2CC3(O)CC(O)(C2)CC1(O)C3. The molecule has 3 N–H and O–H groups in total. The summed E-state index contributed by atoms with van der Waals surface area (Å²) in [5.74, 6) is 1.62. The lowest BCUT2D eigenvalue weighted by Gasteiger charge is -2.61. The van der Waals surface area contributed by atoms with Crippen LogP contribution in [0.2, 0.25) is 0 Å². The molecule has 0 aliphatic heterocycles. The van der Waals surface area contributed by atoms with Gasteiger partial charge in [0.25, 0.3) is 0 Å². The quantitative estimate of drug-likeness (QED) is 0.473. The summed E-state index contributed by atoms with van der Waals surface area (Å²) in [6.07, 6.45) is 1.61.